The van der Waals surface area contributed by atoms with Crippen LogP contribution in [0.15, 0.2) is 36.4 Å². The van der Waals surface area contributed by atoms with Crippen LogP contribution < -0.4 is 5.32 Å². The summed E-state index contributed by atoms with van der Waals surface area (Å²) in [4.78, 5) is 12.2. The Morgan fingerprint density at radius 3 is 2.63 bits per heavy atom. The van der Waals surface area contributed by atoms with Crippen LogP contribution in [0.2, 0.25) is 0 Å². The van der Waals surface area contributed by atoms with Gasteiger partial charge in [-0.05, 0) is 41.2 Å². The summed E-state index contributed by atoms with van der Waals surface area (Å²) in [6.45, 7) is 0. The molecule has 4 rings (SSSR count). The molecule has 96 valence electrons. The van der Waals surface area contributed by atoms with Crippen LogP contribution in [-0.4, -0.2) is 5.91 Å². The minimum Gasteiger partial charge on any atom is -0.326 e. The van der Waals surface area contributed by atoms with Crippen LogP contribution in [0.4, 0.5) is 5.69 Å². The Balaban J connectivity index is 1.98. The number of carbonyl (C=O) groups is 1. The summed E-state index contributed by atoms with van der Waals surface area (Å²) in [6, 6.07) is 12.7. The van der Waals surface area contributed by atoms with Crippen LogP contribution in [0.25, 0.3) is 10.8 Å². The van der Waals surface area contributed by atoms with E-state index < -0.39 is 0 Å². The summed E-state index contributed by atoms with van der Waals surface area (Å²) >= 11 is 0. The zero-order valence-corrected chi connectivity index (χ0v) is 10.9. The Labute approximate surface area is 112 Å². The highest BCUT2D eigenvalue weighted by Crippen LogP contribution is 2.47. The van der Waals surface area contributed by atoms with E-state index in [1.165, 1.54) is 29.2 Å². The SMILES string of the molecule is O=C1Nc2ccc3ccccc3c2C2CCCCC12. The molecule has 2 atom stereocenters. The fourth-order valence-electron chi connectivity index (χ4n) is 3.82. The topological polar surface area (TPSA) is 29.1 Å². The van der Waals surface area contributed by atoms with Crippen molar-refractivity contribution in [2.24, 2.45) is 5.92 Å². The summed E-state index contributed by atoms with van der Waals surface area (Å²) in [5.74, 6) is 0.836. The van der Waals surface area contributed by atoms with E-state index in [2.05, 4.69) is 41.7 Å². The minimum absolute atomic E-state index is 0.187. The van der Waals surface area contributed by atoms with Gasteiger partial charge in [0.05, 0.1) is 0 Å². The van der Waals surface area contributed by atoms with Gasteiger partial charge in [0.1, 0.15) is 0 Å². The largest absolute Gasteiger partial charge is 0.326 e. The van der Waals surface area contributed by atoms with Gasteiger partial charge in [0.25, 0.3) is 0 Å². The standard InChI is InChI=1S/C17H17NO/c19-17-14-8-4-3-7-13(14)16-12-6-2-1-5-11(12)9-10-15(16)18-17/h1-2,5-6,9-10,13-14H,3-4,7-8H2,(H,18,19). The normalized spacial score (nSPS) is 25.6. The summed E-state index contributed by atoms with van der Waals surface area (Å²) in [6.07, 6.45) is 4.63. The zero-order valence-electron chi connectivity index (χ0n) is 10.9. The van der Waals surface area contributed by atoms with Crippen molar-refractivity contribution in [3.05, 3.63) is 42.0 Å². The number of anilines is 1. The van der Waals surface area contributed by atoms with E-state index in [1.54, 1.807) is 0 Å². The number of carbonyl (C=O) groups excluding carboxylic acids is 1. The molecule has 2 aliphatic rings. The summed E-state index contributed by atoms with van der Waals surface area (Å²) in [5.41, 5.74) is 2.41. The Hall–Kier alpha value is -1.83. The molecule has 2 nitrogen and oxygen atoms in total. The molecule has 0 radical (unpaired) electrons. The fraction of sp³-hybridized carbons (Fsp3) is 0.353. The third-order valence-corrected chi connectivity index (χ3v) is 4.70. The highest BCUT2D eigenvalue weighted by Gasteiger charge is 2.37. The summed E-state index contributed by atoms with van der Waals surface area (Å²) < 4.78 is 0. The molecule has 0 spiro atoms. The second-order valence-electron chi connectivity index (χ2n) is 5.73. The van der Waals surface area contributed by atoms with Gasteiger partial charge < -0.3 is 5.32 Å². The van der Waals surface area contributed by atoms with Crippen molar-refractivity contribution in [3.63, 3.8) is 0 Å². The number of rotatable bonds is 0. The van der Waals surface area contributed by atoms with E-state index in [1.807, 2.05) is 0 Å². The molecule has 1 N–H and O–H groups in total. The number of amides is 1. The van der Waals surface area contributed by atoms with E-state index in [0.29, 0.717) is 5.92 Å². The number of nitrogens with one attached hydrogen (secondary N) is 1. The van der Waals surface area contributed by atoms with Gasteiger partial charge >= 0.3 is 0 Å². The Morgan fingerprint density at radius 2 is 1.74 bits per heavy atom. The van der Waals surface area contributed by atoms with E-state index in [4.69, 9.17) is 0 Å². The monoisotopic (exact) mass is 251 g/mol. The molecule has 0 aromatic heterocycles. The first-order valence-corrected chi connectivity index (χ1v) is 7.17. The van der Waals surface area contributed by atoms with E-state index in [9.17, 15) is 4.79 Å². The van der Waals surface area contributed by atoms with Gasteiger partial charge in [-0.3, -0.25) is 4.79 Å². The maximum absolute atomic E-state index is 12.2. The quantitative estimate of drug-likeness (QED) is 0.751. The predicted octanol–water partition coefficient (Wildman–Crippen LogP) is 4.07. The second kappa shape index (κ2) is 4.09. The highest BCUT2D eigenvalue weighted by molar-refractivity contribution is 6.02. The van der Waals surface area contributed by atoms with Gasteiger partial charge in [0.15, 0.2) is 0 Å². The molecule has 2 aromatic rings. The maximum Gasteiger partial charge on any atom is 0.228 e. The number of fused-ring (bicyclic) bond motifs is 5. The lowest BCUT2D eigenvalue weighted by Gasteiger charge is -2.37. The van der Waals surface area contributed by atoms with Crippen LogP contribution in [0, 0.1) is 5.92 Å². The average Bonchev–Trinajstić information content (AvgIpc) is 2.47. The first-order chi connectivity index (χ1) is 9.34. The van der Waals surface area contributed by atoms with Gasteiger partial charge in [-0.2, -0.15) is 0 Å². The molecule has 2 heteroatoms. The fourth-order valence-corrected chi connectivity index (χ4v) is 3.82. The molecule has 2 aromatic carbocycles. The molecule has 19 heavy (non-hydrogen) atoms. The van der Waals surface area contributed by atoms with E-state index in [-0.39, 0.29) is 11.8 Å². The molecule has 1 heterocycles. The van der Waals surface area contributed by atoms with Crippen LogP contribution in [0.1, 0.15) is 37.2 Å². The second-order valence-corrected chi connectivity index (χ2v) is 5.73. The molecule has 1 aliphatic carbocycles. The molecule has 2 unspecified atom stereocenters. The summed E-state index contributed by atoms with van der Waals surface area (Å²) in [5, 5.41) is 5.71. The first kappa shape index (κ1) is 11.0. The van der Waals surface area contributed by atoms with Crippen LogP contribution in [-0.2, 0) is 4.79 Å². The molecule has 1 amide bonds. The smallest absolute Gasteiger partial charge is 0.228 e. The van der Waals surface area contributed by atoms with Crippen molar-refractivity contribution in [2.75, 3.05) is 5.32 Å². The lowest BCUT2D eigenvalue weighted by atomic mass is 9.71. The van der Waals surface area contributed by atoms with Crippen molar-refractivity contribution in [3.8, 4) is 0 Å². The lowest BCUT2D eigenvalue weighted by Crippen LogP contribution is -2.35. The van der Waals surface area contributed by atoms with E-state index in [0.717, 1.165) is 18.5 Å². The van der Waals surface area contributed by atoms with E-state index >= 15 is 0 Å². The van der Waals surface area contributed by atoms with Crippen molar-refractivity contribution in [1.29, 1.82) is 0 Å². The van der Waals surface area contributed by atoms with Gasteiger partial charge in [0.2, 0.25) is 5.91 Å². The molecular weight excluding hydrogens is 234 g/mol. The number of hydrogen-bond acceptors (Lipinski definition) is 1. The lowest BCUT2D eigenvalue weighted by molar-refractivity contribution is -0.121. The van der Waals surface area contributed by atoms with Crippen LogP contribution >= 0.6 is 0 Å². The third kappa shape index (κ3) is 1.59. The van der Waals surface area contributed by atoms with Crippen LogP contribution in [0.5, 0.6) is 0 Å². The highest BCUT2D eigenvalue weighted by atomic mass is 16.2. The van der Waals surface area contributed by atoms with Crippen molar-refractivity contribution >= 4 is 22.4 Å². The van der Waals surface area contributed by atoms with Crippen molar-refractivity contribution < 1.29 is 4.79 Å². The summed E-state index contributed by atoms with van der Waals surface area (Å²) in [7, 11) is 0. The van der Waals surface area contributed by atoms with Gasteiger partial charge in [-0.1, -0.05) is 43.2 Å². The van der Waals surface area contributed by atoms with Gasteiger partial charge in [0, 0.05) is 11.6 Å². The number of benzene rings is 2. The van der Waals surface area contributed by atoms with Crippen LogP contribution in [0.3, 0.4) is 0 Å². The molecule has 1 fully saturated rings. The Bertz CT molecular complexity index is 661. The first-order valence-electron chi connectivity index (χ1n) is 7.17. The predicted molar refractivity (Wildman–Crippen MR) is 77.3 cm³/mol. The van der Waals surface area contributed by atoms with Gasteiger partial charge in [-0.25, -0.2) is 0 Å². The number of hydrogen-bond donors (Lipinski definition) is 1. The zero-order chi connectivity index (χ0) is 12.8. The van der Waals surface area contributed by atoms with Crippen molar-refractivity contribution in [1.82, 2.24) is 0 Å². The molecule has 0 saturated heterocycles. The average molecular weight is 251 g/mol. The maximum atomic E-state index is 12.2. The molecule has 1 aliphatic heterocycles. The molecular formula is C17H17NO. The van der Waals surface area contributed by atoms with Crippen molar-refractivity contribution in [2.45, 2.75) is 31.6 Å². The third-order valence-electron chi connectivity index (χ3n) is 4.70. The van der Waals surface area contributed by atoms with Gasteiger partial charge in [-0.15, -0.1) is 0 Å². The molecule has 1 saturated carbocycles. The minimum atomic E-state index is 0.187. The molecule has 0 bridgehead atoms. The Morgan fingerprint density at radius 1 is 0.947 bits per heavy atom. The Kier molecular flexibility index (Phi) is 2.37.